The van der Waals surface area contributed by atoms with Gasteiger partial charge in [-0.15, -0.1) is 0 Å². The quantitative estimate of drug-likeness (QED) is 0.846. The van der Waals surface area contributed by atoms with E-state index in [1.54, 1.807) is 11.1 Å². The standard InChI is InChI=1S/C16H17N3O2/c1-12-9-18-14(10-17-12)16(20)19-7-8-21-15(11-19)13-5-3-2-4-6-13/h2-6,9-10,15H,7-8,11H2,1H3. The summed E-state index contributed by atoms with van der Waals surface area (Å²) in [5.41, 5.74) is 2.27. The summed E-state index contributed by atoms with van der Waals surface area (Å²) in [6.45, 7) is 3.50. The van der Waals surface area contributed by atoms with E-state index < -0.39 is 0 Å². The molecule has 1 aromatic carbocycles. The molecule has 1 atom stereocenters. The number of aryl methyl sites for hydroxylation is 1. The van der Waals surface area contributed by atoms with Crippen LogP contribution in [0.1, 0.15) is 27.8 Å². The second-order valence-electron chi connectivity index (χ2n) is 5.06. The van der Waals surface area contributed by atoms with Gasteiger partial charge in [-0.3, -0.25) is 9.78 Å². The Kier molecular flexibility index (Phi) is 3.92. The van der Waals surface area contributed by atoms with E-state index in [0.717, 1.165) is 11.3 Å². The molecule has 3 rings (SSSR count). The molecule has 1 aliphatic heterocycles. The smallest absolute Gasteiger partial charge is 0.274 e. The Morgan fingerprint density at radius 2 is 2.05 bits per heavy atom. The second kappa shape index (κ2) is 6.01. The molecule has 5 heteroatoms. The van der Waals surface area contributed by atoms with E-state index >= 15 is 0 Å². The minimum Gasteiger partial charge on any atom is -0.370 e. The Morgan fingerprint density at radius 1 is 1.24 bits per heavy atom. The van der Waals surface area contributed by atoms with Crippen LogP contribution in [0, 0.1) is 6.92 Å². The number of ether oxygens (including phenoxy) is 1. The summed E-state index contributed by atoms with van der Waals surface area (Å²) < 4.78 is 5.77. The Balaban J connectivity index is 1.74. The van der Waals surface area contributed by atoms with Crippen molar-refractivity contribution in [3.8, 4) is 0 Å². The predicted octanol–water partition coefficient (Wildman–Crippen LogP) is 2.00. The monoisotopic (exact) mass is 283 g/mol. The lowest BCUT2D eigenvalue weighted by atomic mass is 10.1. The van der Waals surface area contributed by atoms with Gasteiger partial charge in [0, 0.05) is 12.7 Å². The van der Waals surface area contributed by atoms with Gasteiger partial charge >= 0.3 is 0 Å². The first-order valence-corrected chi connectivity index (χ1v) is 6.98. The van der Waals surface area contributed by atoms with Gasteiger partial charge in [0.25, 0.3) is 5.91 Å². The number of carbonyl (C=O) groups is 1. The Labute approximate surface area is 123 Å². The zero-order chi connectivity index (χ0) is 14.7. The summed E-state index contributed by atoms with van der Waals surface area (Å²) in [7, 11) is 0. The normalized spacial score (nSPS) is 18.5. The summed E-state index contributed by atoms with van der Waals surface area (Å²) in [5.74, 6) is -0.0910. The van der Waals surface area contributed by atoms with Crippen molar-refractivity contribution in [3.63, 3.8) is 0 Å². The Morgan fingerprint density at radius 3 is 2.76 bits per heavy atom. The minimum atomic E-state index is -0.0910. The molecule has 0 radical (unpaired) electrons. The molecule has 108 valence electrons. The van der Waals surface area contributed by atoms with Crippen LogP contribution in [-0.4, -0.2) is 40.5 Å². The third-order valence-electron chi connectivity index (χ3n) is 3.53. The van der Waals surface area contributed by atoms with Gasteiger partial charge in [-0.1, -0.05) is 30.3 Å². The van der Waals surface area contributed by atoms with Crippen molar-refractivity contribution in [2.24, 2.45) is 0 Å². The van der Waals surface area contributed by atoms with Crippen molar-refractivity contribution in [1.82, 2.24) is 14.9 Å². The van der Waals surface area contributed by atoms with Crippen molar-refractivity contribution in [2.75, 3.05) is 19.7 Å². The highest BCUT2D eigenvalue weighted by Gasteiger charge is 2.26. The molecule has 1 amide bonds. The van der Waals surface area contributed by atoms with E-state index in [0.29, 0.717) is 25.4 Å². The molecule has 1 fully saturated rings. The molecule has 1 aliphatic rings. The van der Waals surface area contributed by atoms with Crippen LogP contribution in [0.5, 0.6) is 0 Å². The largest absolute Gasteiger partial charge is 0.370 e. The first kappa shape index (κ1) is 13.7. The van der Waals surface area contributed by atoms with Crippen LogP contribution in [-0.2, 0) is 4.74 Å². The third kappa shape index (κ3) is 3.08. The fourth-order valence-corrected chi connectivity index (χ4v) is 2.37. The molecule has 0 saturated carbocycles. The van der Waals surface area contributed by atoms with Crippen molar-refractivity contribution >= 4 is 5.91 Å². The molecule has 0 N–H and O–H groups in total. The first-order valence-electron chi connectivity index (χ1n) is 6.98. The highest BCUT2D eigenvalue weighted by atomic mass is 16.5. The Hall–Kier alpha value is -2.27. The average molecular weight is 283 g/mol. The van der Waals surface area contributed by atoms with E-state index in [-0.39, 0.29) is 12.0 Å². The number of aromatic nitrogens is 2. The van der Waals surface area contributed by atoms with Gasteiger partial charge in [0.1, 0.15) is 11.8 Å². The Bertz CT molecular complexity index is 613. The lowest BCUT2D eigenvalue weighted by Crippen LogP contribution is -2.42. The molecule has 0 aliphatic carbocycles. The molecule has 0 spiro atoms. The number of nitrogens with zero attached hydrogens (tertiary/aromatic N) is 3. The van der Waals surface area contributed by atoms with Crippen LogP contribution in [0.3, 0.4) is 0 Å². The van der Waals surface area contributed by atoms with Crippen molar-refractivity contribution in [1.29, 1.82) is 0 Å². The van der Waals surface area contributed by atoms with Crippen LogP contribution in [0.2, 0.25) is 0 Å². The zero-order valence-corrected chi connectivity index (χ0v) is 11.9. The number of amides is 1. The van der Waals surface area contributed by atoms with Gasteiger partial charge in [-0.2, -0.15) is 0 Å². The van der Waals surface area contributed by atoms with Crippen molar-refractivity contribution in [3.05, 3.63) is 59.7 Å². The number of benzene rings is 1. The summed E-state index contributed by atoms with van der Waals surface area (Å²) in [6.07, 6.45) is 3.06. The third-order valence-corrected chi connectivity index (χ3v) is 3.53. The first-order chi connectivity index (χ1) is 10.2. The number of carbonyl (C=O) groups excluding carboxylic acids is 1. The van der Waals surface area contributed by atoms with Crippen LogP contribution < -0.4 is 0 Å². The van der Waals surface area contributed by atoms with E-state index in [2.05, 4.69) is 9.97 Å². The molecule has 5 nitrogen and oxygen atoms in total. The van der Waals surface area contributed by atoms with Crippen molar-refractivity contribution in [2.45, 2.75) is 13.0 Å². The summed E-state index contributed by atoms with van der Waals surface area (Å²) in [6, 6.07) is 9.96. The molecule has 21 heavy (non-hydrogen) atoms. The SMILES string of the molecule is Cc1cnc(C(=O)N2CCOC(c3ccccc3)C2)cn1. The predicted molar refractivity (Wildman–Crippen MR) is 77.8 cm³/mol. The van der Waals surface area contributed by atoms with E-state index in [1.165, 1.54) is 6.20 Å². The van der Waals surface area contributed by atoms with Crippen LogP contribution in [0.4, 0.5) is 0 Å². The van der Waals surface area contributed by atoms with Crippen LogP contribution >= 0.6 is 0 Å². The summed E-state index contributed by atoms with van der Waals surface area (Å²) >= 11 is 0. The van der Waals surface area contributed by atoms with Gasteiger partial charge < -0.3 is 9.64 Å². The number of morpholine rings is 1. The molecule has 2 aromatic rings. The number of hydrogen-bond acceptors (Lipinski definition) is 4. The summed E-state index contributed by atoms with van der Waals surface area (Å²) in [5, 5.41) is 0. The zero-order valence-electron chi connectivity index (χ0n) is 11.9. The van der Waals surface area contributed by atoms with Gasteiger partial charge in [0.2, 0.25) is 0 Å². The fourth-order valence-electron chi connectivity index (χ4n) is 2.37. The van der Waals surface area contributed by atoms with E-state index in [1.807, 2.05) is 37.3 Å². The highest BCUT2D eigenvalue weighted by molar-refractivity contribution is 5.92. The second-order valence-corrected chi connectivity index (χ2v) is 5.06. The number of rotatable bonds is 2. The van der Waals surface area contributed by atoms with Crippen LogP contribution in [0.25, 0.3) is 0 Å². The van der Waals surface area contributed by atoms with Crippen molar-refractivity contribution < 1.29 is 9.53 Å². The lowest BCUT2D eigenvalue weighted by Gasteiger charge is -2.33. The lowest BCUT2D eigenvalue weighted by molar-refractivity contribution is -0.0230. The maximum atomic E-state index is 12.5. The molecule has 0 bridgehead atoms. The van der Waals surface area contributed by atoms with Gasteiger partial charge in [-0.05, 0) is 12.5 Å². The van der Waals surface area contributed by atoms with E-state index in [9.17, 15) is 4.79 Å². The molecule has 2 heterocycles. The van der Waals surface area contributed by atoms with E-state index in [4.69, 9.17) is 4.74 Å². The average Bonchev–Trinajstić information content (AvgIpc) is 2.56. The minimum absolute atomic E-state index is 0.0812. The molecular weight excluding hydrogens is 266 g/mol. The maximum Gasteiger partial charge on any atom is 0.274 e. The van der Waals surface area contributed by atoms with Crippen LogP contribution in [0.15, 0.2) is 42.7 Å². The summed E-state index contributed by atoms with van der Waals surface area (Å²) in [4.78, 5) is 22.5. The highest BCUT2D eigenvalue weighted by Crippen LogP contribution is 2.22. The molecule has 1 aromatic heterocycles. The molecular formula is C16H17N3O2. The van der Waals surface area contributed by atoms with Gasteiger partial charge in [0.05, 0.1) is 25.0 Å². The maximum absolute atomic E-state index is 12.5. The fraction of sp³-hybridized carbons (Fsp3) is 0.312. The number of hydrogen-bond donors (Lipinski definition) is 0. The van der Waals surface area contributed by atoms with Gasteiger partial charge in [0.15, 0.2) is 0 Å². The topological polar surface area (TPSA) is 55.3 Å². The molecule has 1 saturated heterocycles. The molecule has 1 unspecified atom stereocenters. The van der Waals surface area contributed by atoms with Gasteiger partial charge in [-0.25, -0.2) is 4.98 Å².